The number of anilines is 1. The van der Waals surface area contributed by atoms with Gasteiger partial charge in [-0.3, -0.25) is 9.36 Å². The molecule has 4 aromatic rings. The monoisotopic (exact) mass is 429 g/mol. The van der Waals surface area contributed by atoms with Crippen LogP contribution in [0.3, 0.4) is 0 Å². The Balaban J connectivity index is 1.58. The molecule has 164 valence electrons. The maximum absolute atomic E-state index is 13.5. The second-order valence-electron chi connectivity index (χ2n) is 8.59. The number of hydrogen-bond acceptors (Lipinski definition) is 5. The predicted octanol–water partition coefficient (Wildman–Crippen LogP) is 2.86. The number of imidazole rings is 2. The van der Waals surface area contributed by atoms with Crippen LogP contribution >= 0.6 is 0 Å². The Bertz CT molecular complexity index is 1420. The summed E-state index contributed by atoms with van der Waals surface area (Å²) in [5.74, 6) is 7.48. The summed E-state index contributed by atoms with van der Waals surface area (Å²) in [6.07, 6.45) is 5.99. The summed E-state index contributed by atoms with van der Waals surface area (Å²) in [7, 11) is 0. The molecule has 32 heavy (non-hydrogen) atoms. The zero-order chi connectivity index (χ0) is 22.2. The molecule has 0 unspecified atom stereocenters. The van der Waals surface area contributed by atoms with Gasteiger partial charge in [-0.1, -0.05) is 18.9 Å². The van der Waals surface area contributed by atoms with Crippen LogP contribution in [0, 0.1) is 24.7 Å². The Kier molecular flexibility index (Phi) is 5.17. The smallest absolute Gasteiger partial charge is 0.293 e. The van der Waals surface area contributed by atoms with Gasteiger partial charge in [-0.15, -0.1) is 5.92 Å². The van der Waals surface area contributed by atoms with E-state index in [2.05, 4.69) is 33.7 Å². The van der Waals surface area contributed by atoms with E-state index in [1.54, 1.807) is 6.20 Å². The Morgan fingerprint density at radius 1 is 1.25 bits per heavy atom. The fourth-order valence-electron chi connectivity index (χ4n) is 4.53. The third-order valence-corrected chi connectivity index (χ3v) is 6.14. The van der Waals surface area contributed by atoms with Gasteiger partial charge >= 0.3 is 0 Å². The average Bonchev–Trinajstić information content (AvgIpc) is 3.36. The molecule has 1 atom stereocenters. The first-order valence-corrected chi connectivity index (χ1v) is 11.1. The number of rotatable bonds is 4. The van der Waals surface area contributed by atoms with Gasteiger partial charge in [-0.25, -0.2) is 14.6 Å². The molecule has 0 amide bonds. The van der Waals surface area contributed by atoms with Crippen molar-refractivity contribution in [2.45, 2.75) is 46.7 Å². The van der Waals surface area contributed by atoms with E-state index in [9.17, 15) is 4.79 Å². The van der Waals surface area contributed by atoms with Crippen molar-refractivity contribution in [3.63, 3.8) is 0 Å². The Morgan fingerprint density at radius 2 is 2.12 bits per heavy atom. The minimum atomic E-state index is -0.169. The molecular formula is C24H27N7O. The third-order valence-electron chi connectivity index (χ3n) is 6.14. The van der Waals surface area contributed by atoms with Crippen molar-refractivity contribution in [2.75, 3.05) is 18.0 Å². The summed E-state index contributed by atoms with van der Waals surface area (Å²) in [6.45, 7) is 8.71. The van der Waals surface area contributed by atoms with E-state index in [1.165, 1.54) is 11.1 Å². The normalized spacial score (nSPS) is 16.5. The number of nitrogens with zero attached hydrogens (tertiary/aromatic N) is 7. The highest BCUT2D eigenvalue weighted by molar-refractivity contribution is 5.77. The summed E-state index contributed by atoms with van der Waals surface area (Å²) in [5, 5.41) is 4.41. The lowest BCUT2D eigenvalue weighted by Gasteiger charge is -2.31. The van der Waals surface area contributed by atoms with Crippen molar-refractivity contribution < 1.29 is 0 Å². The molecule has 8 nitrogen and oxygen atoms in total. The number of aromatic nitrogens is 6. The van der Waals surface area contributed by atoms with Crippen LogP contribution in [-0.4, -0.2) is 41.8 Å². The van der Waals surface area contributed by atoms with Crippen LogP contribution in [0.5, 0.6) is 0 Å². The number of hydrogen-bond donors (Lipinski definition) is 0. The molecule has 5 rings (SSSR count). The lowest BCUT2D eigenvalue weighted by atomic mass is 10.0. The SMILES string of the molecule is CC#CCn1c(N2CCC[C@@H](C)C2)nc2cnn(Cc3cn4c(C)cccc4n3)c(=O)c21. The maximum atomic E-state index is 13.5. The zero-order valence-corrected chi connectivity index (χ0v) is 18.7. The van der Waals surface area contributed by atoms with Gasteiger partial charge < -0.3 is 9.30 Å². The van der Waals surface area contributed by atoms with Gasteiger partial charge in [0.1, 0.15) is 16.7 Å². The second-order valence-corrected chi connectivity index (χ2v) is 8.59. The summed E-state index contributed by atoms with van der Waals surface area (Å²) in [6, 6.07) is 5.97. The van der Waals surface area contributed by atoms with E-state index in [0.29, 0.717) is 30.0 Å². The van der Waals surface area contributed by atoms with Gasteiger partial charge in [0, 0.05) is 25.0 Å². The number of aryl methyl sites for hydroxylation is 1. The van der Waals surface area contributed by atoms with Crippen molar-refractivity contribution >= 4 is 22.6 Å². The number of fused-ring (bicyclic) bond motifs is 2. The predicted molar refractivity (Wildman–Crippen MR) is 125 cm³/mol. The molecule has 0 aliphatic carbocycles. The van der Waals surface area contributed by atoms with E-state index >= 15 is 0 Å². The zero-order valence-electron chi connectivity index (χ0n) is 18.7. The topological polar surface area (TPSA) is 73.2 Å². The molecule has 1 aliphatic heterocycles. The van der Waals surface area contributed by atoms with Gasteiger partial charge in [0.2, 0.25) is 5.95 Å². The Morgan fingerprint density at radius 3 is 2.91 bits per heavy atom. The van der Waals surface area contributed by atoms with Crippen LogP contribution in [0.25, 0.3) is 16.7 Å². The van der Waals surface area contributed by atoms with Crippen LogP contribution in [0.15, 0.2) is 35.4 Å². The first-order valence-electron chi connectivity index (χ1n) is 11.1. The van der Waals surface area contributed by atoms with Crippen molar-refractivity contribution in [3.05, 3.63) is 52.3 Å². The van der Waals surface area contributed by atoms with Crippen LogP contribution in [0.4, 0.5) is 5.95 Å². The van der Waals surface area contributed by atoms with Crippen molar-refractivity contribution in [2.24, 2.45) is 5.92 Å². The largest absolute Gasteiger partial charge is 0.342 e. The first kappa shape index (κ1) is 20.3. The summed E-state index contributed by atoms with van der Waals surface area (Å²) < 4.78 is 5.45. The molecule has 0 saturated carbocycles. The minimum Gasteiger partial charge on any atom is -0.342 e. The summed E-state index contributed by atoms with van der Waals surface area (Å²) >= 11 is 0. The molecule has 5 heterocycles. The molecule has 4 aromatic heterocycles. The Labute approximate surface area is 186 Å². The van der Waals surface area contributed by atoms with E-state index in [4.69, 9.17) is 4.98 Å². The van der Waals surface area contributed by atoms with E-state index in [0.717, 1.165) is 42.5 Å². The highest BCUT2D eigenvalue weighted by Gasteiger charge is 2.24. The molecule has 1 fully saturated rings. The van der Waals surface area contributed by atoms with Gasteiger partial charge in [-0.2, -0.15) is 5.10 Å². The minimum absolute atomic E-state index is 0.169. The molecule has 0 spiro atoms. The molecule has 0 bridgehead atoms. The standard InChI is InChI=1S/C24H27N7O/c1-4-5-12-29-22-20(27-24(29)28-11-7-8-17(2)14-28)13-25-31(23(22)32)16-19-15-30-18(3)9-6-10-21(30)26-19/h6,9-10,13,15,17H,7-8,11-12,14,16H2,1-3H3/t17-/m1/s1. The summed E-state index contributed by atoms with van der Waals surface area (Å²) in [4.78, 5) is 25.2. The Hall–Kier alpha value is -3.60. The molecule has 1 aliphatic rings. The fourth-order valence-corrected chi connectivity index (χ4v) is 4.53. The van der Waals surface area contributed by atoms with Crippen LogP contribution in [0.1, 0.15) is 38.1 Å². The number of pyridine rings is 1. The first-order chi connectivity index (χ1) is 15.5. The average molecular weight is 430 g/mol. The lowest BCUT2D eigenvalue weighted by molar-refractivity contribution is 0.439. The van der Waals surface area contributed by atoms with Gasteiger partial charge in [0.15, 0.2) is 0 Å². The van der Waals surface area contributed by atoms with E-state index in [-0.39, 0.29) is 5.56 Å². The highest BCUT2D eigenvalue weighted by Crippen LogP contribution is 2.25. The van der Waals surface area contributed by atoms with E-state index in [1.807, 2.05) is 47.2 Å². The van der Waals surface area contributed by atoms with Crippen molar-refractivity contribution in [1.29, 1.82) is 0 Å². The van der Waals surface area contributed by atoms with Crippen molar-refractivity contribution in [1.82, 2.24) is 28.7 Å². The maximum Gasteiger partial charge on any atom is 0.293 e. The van der Waals surface area contributed by atoms with Crippen LogP contribution in [0.2, 0.25) is 0 Å². The van der Waals surface area contributed by atoms with Crippen LogP contribution < -0.4 is 10.5 Å². The molecule has 8 heteroatoms. The molecule has 0 radical (unpaired) electrons. The third kappa shape index (κ3) is 3.54. The quantitative estimate of drug-likeness (QED) is 0.467. The molecule has 1 saturated heterocycles. The number of piperidine rings is 1. The van der Waals surface area contributed by atoms with Crippen LogP contribution in [-0.2, 0) is 13.1 Å². The molecule has 0 aromatic carbocycles. The van der Waals surface area contributed by atoms with Gasteiger partial charge in [0.05, 0.1) is 25.0 Å². The van der Waals surface area contributed by atoms with Gasteiger partial charge in [0.25, 0.3) is 5.56 Å². The van der Waals surface area contributed by atoms with Gasteiger partial charge in [-0.05, 0) is 44.7 Å². The highest BCUT2D eigenvalue weighted by atomic mass is 16.1. The summed E-state index contributed by atoms with van der Waals surface area (Å²) in [5.41, 5.74) is 3.74. The fraction of sp³-hybridized carbons (Fsp3) is 0.417. The van der Waals surface area contributed by atoms with E-state index < -0.39 is 0 Å². The van der Waals surface area contributed by atoms with Crippen molar-refractivity contribution in [3.8, 4) is 11.8 Å². The lowest BCUT2D eigenvalue weighted by Crippen LogP contribution is -2.36. The second kappa shape index (κ2) is 8.15. The molecular weight excluding hydrogens is 402 g/mol. The molecule has 0 N–H and O–H groups in total.